The van der Waals surface area contributed by atoms with Crippen LogP contribution >= 0.6 is 0 Å². The standard InChI is InChI=1S/C12H15F2NO2/c1-16-11-6-8(13)5-10(14)12(11)17-9-3-2-4-15-7-9/h5-6,9,15H,2-4,7H2,1H3. The fourth-order valence-electron chi connectivity index (χ4n) is 1.89. The average Bonchev–Trinajstić information content (AvgIpc) is 2.33. The molecule has 0 saturated carbocycles. The summed E-state index contributed by atoms with van der Waals surface area (Å²) in [7, 11) is 1.36. The lowest BCUT2D eigenvalue weighted by Gasteiger charge is -2.24. The number of hydrogen-bond acceptors (Lipinski definition) is 3. The number of ether oxygens (including phenoxy) is 2. The smallest absolute Gasteiger partial charge is 0.197 e. The summed E-state index contributed by atoms with van der Waals surface area (Å²) in [6.07, 6.45) is 1.74. The third kappa shape index (κ3) is 2.85. The SMILES string of the molecule is COc1cc(F)cc(F)c1OC1CCCNC1. The van der Waals surface area contributed by atoms with Crippen LogP contribution in [-0.4, -0.2) is 26.3 Å². The van der Waals surface area contributed by atoms with E-state index >= 15 is 0 Å². The number of piperidine rings is 1. The van der Waals surface area contributed by atoms with Crippen LogP contribution in [0.15, 0.2) is 12.1 Å². The van der Waals surface area contributed by atoms with Gasteiger partial charge < -0.3 is 14.8 Å². The number of halogens is 2. The van der Waals surface area contributed by atoms with Crippen molar-refractivity contribution in [3.63, 3.8) is 0 Å². The predicted molar refractivity (Wildman–Crippen MR) is 59.4 cm³/mol. The van der Waals surface area contributed by atoms with Crippen molar-refractivity contribution < 1.29 is 18.3 Å². The van der Waals surface area contributed by atoms with Crippen molar-refractivity contribution in [1.82, 2.24) is 5.32 Å². The van der Waals surface area contributed by atoms with Crippen LogP contribution in [0.2, 0.25) is 0 Å². The fraction of sp³-hybridized carbons (Fsp3) is 0.500. The van der Waals surface area contributed by atoms with Gasteiger partial charge in [-0.3, -0.25) is 0 Å². The molecule has 1 fully saturated rings. The van der Waals surface area contributed by atoms with E-state index in [1.165, 1.54) is 7.11 Å². The molecule has 0 aliphatic carbocycles. The molecule has 1 heterocycles. The number of methoxy groups -OCH3 is 1. The third-order valence-corrected chi connectivity index (χ3v) is 2.73. The van der Waals surface area contributed by atoms with E-state index in [9.17, 15) is 8.78 Å². The molecule has 1 aromatic carbocycles. The molecular weight excluding hydrogens is 228 g/mol. The Kier molecular flexibility index (Phi) is 3.78. The van der Waals surface area contributed by atoms with Gasteiger partial charge in [0.1, 0.15) is 11.9 Å². The molecule has 2 rings (SSSR count). The average molecular weight is 243 g/mol. The first-order valence-electron chi connectivity index (χ1n) is 5.61. The maximum atomic E-state index is 13.6. The second-order valence-electron chi connectivity index (χ2n) is 4.01. The predicted octanol–water partition coefficient (Wildman–Crippen LogP) is 2.10. The van der Waals surface area contributed by atoms with Crippen LogP contribution < -0.4 is 14.8 Å². The van der Waals surface area contributed by atoms with Crippen molar-refractivity contribution >= 4 is 0 Å². The van der Waals surface area contributed by atoms with E-state index in [-0.39, 0.29) is 17.6 Å². The first-order valence-corrected chi connectivity index (χ1v) is 5.61. The van der Waals surface area contributed by atoms with E-state index in [0.29, 0.717) is 6.54 Å². The van der Waals surface area contributed by atoms with Crippen molar-refractivity contribution in [3.05, 3.63) is 23.8 Å². The molecule has 0 spiro atoms. The van der Waals surface area contributed by atoms with Gasteiger partial charge >= 0.3 is 0 Å². The highest BCUT2D eigenvalue weighted by Gasteiger charge is 2.20. The number of nitrogens with one attached hydrogen (secondary N) is 1. The van der Waals surface area contributed by atoms with Gasteiger partial charge in [-0.25, -0.2) is 8.78 Å². The molecule has 0 amide bonds. The van der Waals surface area contributed by atoms with E-state index in [2.05, 4.69) is 5.32 Å². The molecule has 1 atom stereocenters. The van der Waals surface area contributed by atoms with Gasteiger partial charge in [0.05, 0.1) is 7.11 Å². The van der Waals surface area contributed by atoms with E-state index < -0.39 is 11.6 Å². The molecule has 94 valence electrons. The first kappa shape index (κ1) is 12.1. The molecule has 1 saturated heterocycles. The quantitative estimate of drug-likeness (QED) is 0.882. The summed E-state index contributed by atoms with van der Waals surface area (Å²) in [5, 5.41) is 3.16. The molecule has 0 aromatic heterocycles. The minimum Gasteiger partial charge on any atom is -0.493 e. The zero-order valence-corrected chi connectivity index (χ0v) is 9.63. The molecule has 5 heteroatoms. The number of rotatable bonds is 3. The first-order chi connectivity index (χ1) is 8.20. The zero-order chi connectivity index (χ0) is 12.3. The highest BCUT2D eigenvalue weighted by molar-refractivity contribution is 5.41. The normalized spacial score (nSPS) is 20.1. The largest absolute Gasteiger partial charge is 0.493 e. The Morgan fingerprint density at radius 3 is 2.82 bits per heavy atom. The molecule has 1 aliphatic heterocycles. The lowest BCUT2D eigenvalue weighted by atomic mass is 10.1. The molecule has 1 N–H and O–H groups in total. The lowest BCUT2D eigenvalue weighted by molar-refractivity contribution is 0.154. The molecule has 0 radical (unpaired) electrons. The minimum absolute atomic E-state index is 0.0115. The van der Waals surface area contributed by atoms with E-state index in [0.717, 1.165) is 31.5 Å². The van der Waals surface area contributed by atoms with E-state index in [1.54, 1.807) is 0 Å². The van der Waals surface area contributed by atoms with E-state index in [1.807, 2.05) is 0 Å². The second-order valence-corrected chi connectivity index (χ2v) is 4.01. The van der Waals surface area contributed by atoms with Gasteiger partial charge in [-0.05, 0) is 19.4 Å². The summed E-state index contributed by atoms with van der Waals surface area (Å²) in [5.41, 5.74) is 0. The topological polar surface area (TPSA) is 30.5 Å². The summed E-state index contributed by atoms with van der Waals surface area (Å²) in [5.74, 6) is -1.32. The van der Waals surface area contributed by atoms with Gasteiger partial charge in [0.25, 0.3) is 0 Å². The van der Waals surface area contributed by atoms with E-state index in [4.69, 9.17) is 9.47 Å². The maximum absolute atomic E-state index is 13.6. The van der Waals surface area contributed by atoms with Crippen LogP contribution in [-0.2, 0) is 0 Å². The van der Waals surface area contributed by atoms with Gasteiger partial charge in [0.2, 0.25) is 0 Å². The Labute approximate surface area is 98.7 Å². The van der Waals surface area contributed by atoms with Crippen LogP contribution in [0.5, 0.6) is 11.5 Å². The Balaban J connectivity index is 2.18. The summed E-state index contributed by atoms with van der Waals surface area (Å²) >= 11 is 0. The number of benzene rings is 1. The summed E-state index contributed by atoms with van der Waals surface area (Å²) in [6, 6.07) is 1.92. The second kappa shape index (κ2) is 5.31. The van der Waals surface area contributed by atoms with Gasteiger partial charge in [-0.2, -0.15) is 0 Å². The Morgan fingerprint density at radius 2 is 2.18 bits per heavy atom. The Bertz CT molecular complexity index is 392. The molecule has 0 bridgehead atoms. The van der Waals surface area contributed by atoms with Crippen LogP contribution in [0.25, 0.3) is 0 Å². The number of hydrogen-bond donors (Lipinski definition) is 1. The molecule has 3 nitrogen and oxygen atoms in total. The van der Waals surface area contributed by atoms with Crippen LogP contribution in [0.3, 0.4) is 0 Å². The van der Waals surface area contributed by atoms with Crippen molar-refractivity contribution in [1.29, 1.82) is 0 Å². The molecule has 1 unspecified atom stereocenters. The fourth-order valence-corrected chi connectivity index (χ4v) is 1.89. The highest BCUT2D eigenvalue weighted by atomic mass is 19.1. The molecular formula is C12H15F2NO2. The Morgan fingerprint density at radius 1 is 1.35 bits per heavy atom. The molecule has 17 heavy (non-hydrogen) atoms. The van der Waals surface area contributed by atoms with Gasteiger partial charge in [0, 0.05) is 18.7 Å². The van der Waals surface area contributed by atoms with Gasteiger partial charge in [-0.15, -0.1) is 0 Å². The molecule has 1 aromatic rings. The lowest BCUT2D eigenvalue weighted by Crippen LogP contribution is -2.37. The van der Waals surface area contributed by atoms with Crippen LogP contribution in [0, 0.1) is 11.6 Å². The van der Waals surface area contributed by atoms with Gasteiger partial charge in [-0.1, -0.05) is 0 Å². The van der Waals surface area contributed by atoms with Crippen molar-refractivity contribution in [3.8, 4) is 11.5 Å². The van der Waals surface area contributed by atoms with Gasteiger partial charge in [0.15, 0.2) is 17.3 Å². The molecule has 1 aliphatic rings. The van der Waals surface area contributed by atoms with Crippen LogP contribution in [0.1, 0.15) is 12.8 Å². The van der Waals surface area contributed by atoms with Crippen molar-refractivity contribution in [2.24, 2.45) is 0 Å². The van der Waals surface area contributed by atoms with Crippen molar-refractivity contribution in [2.75, 3.05) is 20.2 Å². The summed E-state index contributed by atoms with van der Waals surface area (Å²) in [6.45, 7) is 1.61. The van der Waals surface area contributed by atoms with Crippen molar-refractivity contribution in [2.45, 2.75) is 18.9 Å². The third-order valence-electron chi connectivity index (χ3n) is 2.73. The Hall–Kier alpha value is -1.36. The zero-order valence-electron chi connectivity index (χ0n) is 9.63. The summed E-state index contributed by atoms with van der Waals surface area (Å²) in [4.78, 5) is 0. The maximum Gasteiger partial charge on any atom is 0.197 e. The highest BCUT2D eigenvalue weighted by Crippen LogP contribution is 2.32. The summed E-state index contributed by atoms with van der Waals surface area (Å²) < 4.78 is 37.0. The minimum atomic E-state index is -0.729. The van der Waals surface area contributed by atoms with Crippen LogP contribution in [0.4, 0.5) is 8.78 Å². The monoisotopic (exact) mass is 243 g/mol.